The second-order valence-electron chi connectivity index (χ2n) is 4.16. The molecule has 2 aromatic carbocycles. The molecule has 0 unspecified atom stereocenters. The van der Waals surface area contributed by atoms with Gasteiger partial charge in [0.25, 0.3) is 0 Å². The highest BCUT2D eigenvalue weighted by molar-refractivity contribution is 5.50. The molecule has 0 fully saturated rings. The second kappa shape index (κ2) is 6.88. The zero-order valence-electron chi connectivity index (χ0n) is 11.3. The zero-order valence-corrected chi connectivity index (χ0v) is 11.3. The van der Waals surface area contributed by atoms with Gasteiger partial charge in [0.05, 0.1) is 12.8 Å². The van der Waals surface area contributed by atoms with Crippen molar-refractivity contribution in [2.45, 2.75) is 13.2 Å². The number of halogens is 3. The highest BCUT2D eigenvalue weighted by Crippen LogP contribution is 2.33. The summed E-state index contributed by atoms with van der Waals surface area (Å²) in [7, 11) is 1.36. The predicted molar refractivity (Wildman–Crippen MR) is 73.4 cm³/mol. The molecule has 0 aliphatic carbocycles. The first-order valence-corrected chi connectivity index (χ1v) is 6.21. The SMILES string of the molecule is COc1cccc(CNc2ccccc2F)c1OC(F)F. The number of hydrogen-bond donors (Lipinski definition) is 1. The minimum absolute atomic E-state index is 0.0566. The topological polar surface area (TPSA) is 30.5 Å². The minimum atomic E-state index is -2.96. The van der Waals surface area contributed by atoms with E-state index in [1.165, 1.54) is 19.2 Å². The minimum Gasteiger partial charge on any atom is -0.493 e. The molecule has 0 bridgehead atoms. The van der Waals surface area contributed by atoms with Crippen molar-refractivity contribution in [3.05, 3.63) is 53.8 Å². The maximum absolute atomic E-state index is 13.5. The van der Waals surface area contributed by atoms with Gasteiger partial charge in [-0.2, -0.15) is 8.78 Å². The summed E-state index contributed by atoms with van der Waals surface area (Å²) in [6.07, 6.45) is 0. The molecule has 0 radical (unpaired) electrons. The highest BCUT2D eigenvalue weighted by atomic mass is 19.3. The lowest BCUT2D eigenvalue weighted by atomic mass is 10.1. The van der Waals surface area contributed by atoms with Crippen molar-refractivity contribution < 1.29 is 22.6 Å². The Labute approximate surface area is 120 Å². The van der Waals surface area contributed by atoms with Crippen LogP contribution in [0.3, 0.4) is 0 Å². The molecule has 112 valence electrons. The molecule has 0 spiro atoms. The Kier molecular flexibility index (Phi) is 4.92. The number of anilines is 1. The van der Waals surface area contributed by atoms with Crippen molar-refractivity contribution in [2.24, 2.45) is 0 Å². The van der Waals surface area contributed by atoms with Gasteiger partial charge in [-0.25, -0.2) is 4.39 Å². The monoisotopic (exact) mass is 297 g/mol. The summed E-state index contributed by atoms with van der Waals surface area (Å²) in [6, 6.07) is 10.9. The molecule has 0 saturated carbocycles. The first kappa shape index (κ1) is 15.0. The highest BCUT2D eigenvalue weighted by Gasteiger charge is 2.15. The van der Waals surface area contributed by atoms with Crippen LogP contribution in [-0.2, 0) is 6.54 Å². The molecule has 0 heterocycles. The molecule has 0 aromatic heterocycles. The van der Waals surface area contributed by atoms with Crippen LogP contribution in [0.15, 0.2) is 42.5 Å². The van der Waals surface area contributed by atoms with Gasteiger partial charge in [-0.1, -0.05) is 24.3 Å². The van der Waals surface area contributed by atoms with E-state index in [2.05, 4.69) is 10.1 Å². The van der Waals surface area contributed by atoms with Gasteiger partial charge in [0.2, 0.25) is 0 Å². The molecule has 0 aliphatic heterocycles. The fourth-order valence-corrected chi connectivity index (χ4v) is 1.88. The lowest BCUT2D eigenvalue weighted by molar-refractivity contribution is -0.0517. The van der Waals surface area contributed by atoms with Crippen molar-refractivity contribution in [1.29, 1.82) is 0 Å². The molecule has 0 atom stereocenters. The Morgan fingerprint density at radius 1 is 1.10 bits per heavy atom. The number of hydrogen-bond acceptors (Lipinski definition) is 3. The predicted octanol–water partition coefficient (Wildman–Crippen LogP) is 4.05. The Morgan fingerprint density at radius 2 is 1.86 bits per heavy atom. The number of nitrogens with one attached hydrogen (secondary N) is 1. The van der Waals surface area contributed by atoms with Gasteiger partial charge in [0.1, 0.15) is 5.82 Å². The standard InChI is InChI=1S/C15H14F3NO2/c1-20-13-8-4-5-10(14(13)21-15(17)18)9-19-12-7-3-2-6-11(12)16/h2-8,15,19H,9H2,1H3. The molecule has 2 aromatic rings. The lowest BCUT2D eigenvalue weighted by Crippen LogP contribution is -2.09. The van der Waals surface area contributed by atoms with E-state index in [0.717, 1.165) is 0 Å². The Balaban J connectivity index is 2.21. The fraction of sp³-hybridized carbons (Fsp3) is 0.200. The lowest BCUT2D eigenvalue weighted by Gasteiger charge is -2.15. The van der Waals surface area contributed by atoms with Crippen molar-refractivity contribution in [2.75, 3.05) is 12.4 Å². The third-order valence-electron chi connectivity index (χ3n) is 2.83. The molecule has 6 heteroatoms. The van der Waals surface area contributed by atoms with E-state index in [9.17, 15) is 13.2 Å². The second-order valence-corrected chi connectivity index (χ2v) is 4.16. The summed E-state index contributed by atoms with van der Waals surface area (Å²) >= 11 is 0. The van der Waals surface area contributed by atoms with Crippen LogP contribution in [0, 0.1) is 5.82 Å². The van der Waals surface area contributed by atoms with Crippen molar-refractivity contribution in [1.82, 2.24) is 0 Å². The number of rotatable bonds is 6. The summed E-state index contributed by atoms with van der Waals surface area (Å²) < 4.78 is 48.0. The van der Waals surface area contributed by atoms with Gasteiger partial charge in [-0.05, 0) is 18.2 Å². The van der Waals surface area contributed by atoms with E-state index in [1.807, 2.05) is 0 Å². The van der Waals surface area contributed by atoms with Crippen LogP contribution >= 0.6 is 0 Å². The Bertz CT molecular complexity index is 605. The average molecular weight is 297 g/mol. The fourth-order valence-electron chi connectivity index (χ4n) is 1.88. The molecular weight excluding hydrogens is 283 g/mol. The van der Waals surface area contributed by atoms with Gasteiger partial charge in [-0.3, -0.25) is 0 Å². The quantitative estimate of drug-likeness (QED) is 0.872. The van der Waals surface area contributed by atoms with Crippen molar-refractivity contribution >= 4 is 5.69 Å². The third-order valence-corrected chi connectivity index (χ3v) is 2.83. The average Bonchev–Trinajstić information content (AvgIpc) is 2.47. The smallest absolute Gasteiger partial charge is 0.387 e. The maximum Gasteiger partial charge on any atom is 0.387 e. The van der Waals surface area contributed by atoms with Crippen LogP contribution in [0.2, 0.25) is 0 Å². The first-order chi connectivity index (χ1) is 10.1. The van der Waals surface area contributed by atoms with Crippen LogP contribution in [0.5, 0.6) is 11.5 Å². The zero-order chi connectivity index (χ0) is 15.2. The van der Waals surface area contributed by atoms with Crippen LogP contribution in [0.1, 0.15) is 5.56 Å². The summed E-state index contributed by atoms with van der Waals surface area (Å²) in [6.45, 7) is -2.84. The van der Waals surface area contributed by atoms with Gasteiger partial charge < -0.3 is 14.8 Å². The number of ether oxygens (including phenoxy) is 2. The Morgan fingerprint density at radius 3 is 2.52 bits per heavy atom. The summed E-state index contributed by atoms with van der Waals surface area (Å²) in [5, 5.41) is 2.84. The van der Waals surface area contributed by atoms with E-state index in [-0.39, 0.29) is 23.7 Å². The number of alkyl halides is 2. The molecule has 0 saturated heterocycles. The van der Waals surface area contributed by atoms with Gasteiger partial charge in [-0.15, -0.1) is 0 Å². The molecular formula is C15H14F3NO2. The summed E-state index contributed by atoms with van der Waals surface area (Å²) in [4.78, 5) is 0. The molecule has 3 nitrogen and oxygen atoms in total. The molecule has 0 amide bonds. The maximum atomic E-state index is 13.5. The van der Waals surface area contributed by atoms with Crippen LogP contribution < -0.4 is 14.8 Å². The normalized spacial score (nSPS) is 10.5. The number of para-hydroxylation sites is 2. The van der Waals surface area contributed by atoms with Gasteiger partial charge in [0, 0.05) is 12.1 Å². The van der Waals surface area contributed by atoms with Crippen LogP contribution in [-0.4, -0.2) is 13.7 Å². The van der Waals surface area contributed by atoms with E-state index < -0.39 is 12.4 Å². The van der Waals surface area contributed by atoms with Crippen molar-refractivity contribution in [3.8, 4) is 11.5 Å². The molecule has 1 N–H and O–H groups in total. The van der Waals surface area contributed by atoms with E-state index >= 15 is 0 Å². The van der Waals surface area contributed by atoms with Gasteiger partial charge >= 0.3 is 6.61 Å². The largest absolute Gasteiger partial charge is 0.493 e. The van der Waals surface area contributed by atoms with Crippen LogP contribution in [0.4, 0.5) is 18.9 Å². The number of methoxy groups -OCH3 is 1. The van der Waals surface area contributed by atoms with E-state index in [4.69, 9.17) is 4.74 Å². The molecule has 21 heavy (non-hydrogen) atoms. The van der Waals surface area contributed by atoms with E-state index in [0.29, 0.717) is 5.56 Å². The van der Waals surface area contributed by atoms with Crippen molar-refractivity contribution in [3.63, 3.8) is 0 Å². The third kappa shape index (κ3) is 3.81. The molecule has 0 aliphatic rings. The molecule has 2 rings (SSSR count). The Hall–Kier alpha value is -2.37. The van der Waals surface area contributed by atoms with Gasteiger partial charge in [0.15, 0.2) is 11.5 Å². The van der Waals surface area contributed by atoms with Crippen LogP contribution in [0.25, 0.3) is 0 Å². The van der Waals surface area contributed by atoms with E-state index in [1.54, 1.807) is 30.3 Å². The summed E-state index contributed by atoms with van der Waals surface area (Å²) in [5.74, 6) is -0.279. The first-order valence-electron chi connectivity index (χ1n) is 6.21. The summed E-state index contributed by atoms with van der Waals surface area (Å²) in [5.41, 5.74) is 0.723. The number of benzene rings is 2.